The van der Waals surface area contributed by atoms with Crippen LogP contribution in [0.3, 0.4) is 0 Å². The number of para-hydroxylation sites is 1. The Labute approximate surface area is 243 Å². The number of ether oxygens (including phenoxy) is 2. The van der Waals surface area contributed by atoms with E-state index in [1.54, 1.807) is 20.8 Å². The number of nitrogens with zero attached hydrogens (tertiary/aromatic N) is 1. The van der Waals surface area contributed by atoms with E-state index in [-0.39, 0.29) is 24.9 Å². The molecule has 4 N–H and O–H groups in total. The Morgan fingerprint density at radius 2 is 1.85 bits per heavy atom. The zero-order chi connectivity index (χ0) is 30.5. The van der Waals surface area contributed by atoms with Gasteiger partial charge in [0, 0.05) is 38.1 Å². The number of likely N-dealkylation sites (tertiary alicyclic amines) is 1. The lowest BCUT2D eigenvalue weighted by Gasteiger charge is -2.30. The van der Waals surface area contributed by atoms with Crippen molar-refractivity contribution < 1.29 is 28.7 Å². The van der Waals surface area contributed by atoms with Crippen LogP contribution in [-0.4, -0.2) is 78.1 Å². The Morgan fingerprint density at radius 3 is 2.51 bits per heavy atom. The molecule has 1 fully saturated rings. The predicted octanol–water partition coefficient (Wildman–Crippen LogP) is 3.52. The molecule has 0 bridgehead atoms. The van der Waals surface area contributed by atoms with Gasteiger partial charge in [0.05, 0.1) is 18.6 Å². The summed E-state index contributed by atoms with van der Waals surface area (Å²) in [6.45, 7) is 14.1. The van der Waals surface area contributed by atoms with E-state index in [1.807, 2.05) is 37.4 Å². The fraction of sp³-hybridized carbons (Fsp3) is 0.600. The van der Waals surface area contributed by atoms with Crippen molar-refractivity contribution in [1.82, 2.24) is 15.2 Å². The zero-order valence-corrected chi connectivity index (χ0v) is 26.4. The summed E-state index contributed by atoms with van der Waals surface area (Å²) < 4.78 is 11.1. The Bertz CT molecular complexity index is 1250. The number of nitrogens with one attached hydrogen (secondary N) is 2. The lowest BCUT2D eigenvalue weighted by Crippen LogP contribution is -2.55. The number of rotatable bonds is 11. The first kappa shape index (κ1) is 32.3. The van der Waals surface area contributed by atoms with Gasteiger partial charge < -0.3 is 30.4 Å². The molecule has 1 aromatic heterocycles. The maximum absolute atomic E-state index is 14.0. The van der Waals surface area contributed by atoms with Crippen molar-refractivity contribution >= 4 is 42.7 Å². The van der Waals surface area contributed by atoms with Gasteiger partial charge in [-0.05, 0) is 58.2 Å². The van der Waals surface area contributed by atoms with Crippen LogP contribution in [0.15, 0.2) is 30.5 Å². The third kappa shape index (κ3) is 9.42. The summed E-state index contributed by atoms with van der Waals surface area (Å²) in [5.41, 5.74) is 7.09. The summed E-state index contributed by atoms with van der Waals surface area (Å²) in [6, 6.07) is 5.59. The minimum atomic E-state index is -1.45. The Kier molecular flexibility index (Phi) is 10.4. The van der Waals surface area contributed by atoms with Crippen LogP contribution in [0.1, 0.15) is 52.5 Å². The number of fused-ring (bicyclic) bond motifs is 1. The highest BCUT2D eigenvalue weighted by atomic mass is 28.3. The molecule has 1 aliphatic heterocycles. The van der Waals surface area contributed by atoms with Crippen LogP contribution < -0.4 is 11.1 Å². The number of carbonyl (C=O) groups is 4. The average molecular weight is 587 g/mol. The van der Waals surface area contributed by atoms with Gasteiger partial charge in [-0.15, -0.1) is 0 Å². The van der Waals surface area contributed by atoms with Crippen molar-refractivity contribution in [3.8, 4) is 0 Å². The molecule has 1 saturated heterocycles. The van der Waals surface area contributed by atoms with Gasteiger partial charge in [-0.25, -0.2) is 4.79 Å². The Morgan fingerprint density at radius 1 is 1.17 bits per heavy atom. The van der Waals surface area contributed by atoms with Crippen LogP contribution in [0, 0.1) is 0 Å². The molecule has 2 heterocycles. The number of esters is 2. The molecule has 1 aliphatic rings. The lowest BCUT2D eigenvalue weighted by atomic mass is 10.0. The Balaban J connectivity index is 1.80. The zero-order valence-electron chi connectivity index (χ0n) is 25.4. The molecule has 3 rings (SSSR count). The molecule has 0 saturated carbocycles. The van der Waals surface area contributed by atoms with Crippen molar-refractivity contribution in [2.24, 2.45) is 5.73 Å². The number of carbonyl (C=O) groups excluding carboxylic acids is 4. The number of hydrogen-bond acceptors (Lipinski definition) is 7. The average Bonchev–Trinajstić information content (AvgIpc) is 3.48. The van der Waals surface area contributed by atoms with Crippen LogP contribution in [-0.2, 0) is 35.1 Å². The van der Waals surface area contributed by atoms with Crippen LogP contribution in [0.2, 0.25) is 25.7 Å². The minimum Gasteiger partial charge on any atom is -0.461 e. The Hall–Kier alpha value is -3.18. The smallest absolute Gasteiger partial charge is 0.329 e. The first-order chi connectivity index (χ1) is 19.0. The summed E-state index contributed by atoms with van der Waals surface area (Å²) in [5, 5.41) is 3.70. The van der Waals surface area contributed by atoms with E-state index in [2.05, 4.69) is 29.9 Å². The van der Waals surface area contributed by atoms with E-state index in [0.29, 0.717) is 19.4 Å². The summed E-state index contributed by atoms with van der Waals surface area (Å²) >= 11 is 0. The molecule has 1 unspecified atom stereocenters. The largest absolute Gasteiger partial charge is 0.461 e. The van der Waals surface area contributed by atoms with Gasteiger partial charge in [0.2, 0.25) is 11.8 Å². The number of H-pyrrole nitrogens is 1. The van der Waals surface area contributed by atoms with E-state index in [4.69, 9.17) is 15.2 Å². The molecule has 0 spiro atoms. The number of aromatic nitrogens is 1. The molecule has 1 aromatic carbocycles. The van der Waals surface area contributed by atoms with Gasteiger partial charge in [0.1, 0.15) is 17.7 Å². The number of hydrogen-bond donors (Lipinski definition) is 3. The van der Waals surface area contributed by atoms with E-state index in [0.717, 1.165) is 22.5 Å². The monoisotopic (exact) mass is 586 g/mol. The predicted molar refractivity (Wildman–Crippen MR) is 161 cm³/mol. The van der Waals surface area contributed by atoms with Gasteiger partial charge >= 0.3 is 11.9 Å². The summed E-state index contributed by atoms with van der Waals surface area (Å²) in [4.78, 5) is 57.3. The SMILES string of the molecule is CC(C[Si](C)(C)C)OC(=O)[C@@H]1CCCN1C(=O)[C@H](Cc1c[nH]c2ccccc12)NC(=O)[C@@H](N)CC(=O)OC(C)(C)C. The van der Waals surface area contributed by atoms with E-state index < -0.39 is 49.6 Å². The van der Waals surface area contributed by atoms with Crippen molar-refractivity contribution in [2.45, 2.75) is 109 Å². The second-order valence-corrected chi connectivity index (χ2v) is 18.8. The van der Waals surface area contributed by atoms with Crippen LogP contribution in [0.4, 0.5) is 0 Å². The number of aromatic amines is 1. The fourth-order valence-electron chi connectivity index (χ4n) is 5.31. The second kappa shape index (κ2) is 13.2. The van der Waals surface area contributed by atoms with E-state index >= 15 is 0 Å². The van der Waals surface area contributed by atoms with Crippen molar-refractivity contribution in [1.29, 1.82) is 0 Å². The van der Waals surface area contributed by atoms with Crippen LogP contribution in [0.5, 0.6) is 0 Å². The van der Waals surface area contributed by atoms with Gasteiger partial charge in [0.25, 0.3) is 0 Å². The number of nitrogens with two attached hydrogens (primary N) is 1. The summed E-state index contributed by atoms with van der Waals surface area (Å²) in [6.07, 6.45) is 2.57. The van der Waals surface area contributed by atoms with E-state index in [1.165, 1.54) is 4.90 Å². The number of benzene rings is 1. The maximum atomic E-state index is 14.0. The summed E-state index contributed by atoms with van der Waals surface area (Å²) in [7, 11) is -1.45. The van der Waals surface area contributed by atoms with E-state index in [9.17, 15) is 19.2 Å². The van der Waals surface area contributed by atoms with Gasteiger partial charge in [-0.2, -0.15) is 0 Å². The highest BCUT2D eigenvalue weighted by molar-refractivity contribution is 6.76. The molecular weight excluding hydrogens is 540 g/mol. The first-order valence-electron chi connectivity index (χ1n) is 14.4. The van der Waals surface area contributed by atoms with Crippen LogP contribution >= 0.6 is 0 Å². The molecular formula is C30H46N4O6Si. The van der Waals surface area contributed by atoms with Gasteiger partial charge in [-0.1, -0.05) is 37.8 Å². The third-order valence-corrected chi connectivity index (χ3v) is 8.68. The topological polar surface area (TPSA) is 144 Å². The fourth-order valence-corrected chi connectivity index (χ4v) is 7.12. The standard InChI is InChI=1S/C30H46N4O6Si/c1-19(18-41(5,6)7)39-29(38)25-13-10-14-34(25)28(37)24(15-20-17-32-23-12-9-8-11-21(20)23)33-27(36)22(31)16-26(35)40-30(2,3)4/h8-9,11-12,17,19,22,24-25,32H,10,13-16,18,31H2,1-7H3,(H,33,36)/t19?,22-,24-,25-/m0/s1. The highest BCUT2D eigenvalue weighted by Crippen LogP contribution is 2.24. The molecule has 41 heavy (non-hydrogen) atoms. The maximum Gasteiger partial charge on any atom is 0.329 e. The molecule has 0 radical (unpaired) electrons. The molecule has 4 atom stereocenters. The molecule has 0 aliphatic carbocycles. The molecule has 10 nitrogen and oxygen atoms in total. The quantitative estimate of drug-likeness (QED) is 0.270. The molecule has 2 aromatic rings. The van der Waals surface area contributed by atoms with Crippen molar-refractivity contribution in [3.05, 3.63) is 36.0 Å². The highest BCUT2D eigenvalue weighted by Gasteiger charge is 2.40. The lowest BCUT2D eigenvalue weighted by molar-refractivity contribution is -0.158. The minimum absolute atomic E-state index is 0.179. The van der Waals surface area contributed by atoms with Crippen molar-refractivity contribution in [3.63, 3.8) is 0 Å². The first-order valence-corrected chi connectivity index (χ1v) is 18.1. The summed E-state index contributed by atoms with van der Waals surface area (Å²) in [5.74, 6) is -2.05. The van der Waals surface area contributed by atoms with Gasteiger partial charge in [-0.3, -0.25) is 14.4 Å². The third-order valence-electron chi connectivity index (χ3n) is 6.88. The molecule has 226 valence electrons. The molecule has 2 amide bonds. The van der Waals surface area contributed by atoms with Crippen LogP contribution in [0.25, 0.3) is 10.9 Å². The number of amides is 2. The second-order valence-electron chi connectivity index (χ2n) is 13.2. The normalized spacial score (nSPS) is 18.0. The van der Waals surface area contributed by atoms with Crippen molar-refractivity contribution in [2.75, 3.05) is 6.54 Å². The van der Waals surface area contributed by atoms with Gasteiger partial charge in [0.15, 0.2) is 0 Å². The molecule has 11 heteroatoms.